The molecule has 0 atom stereocenters. The SMILES string of the molecule is C1=CC(c2cccc(-c3ccc(-c4c5ccccc5c(-c5ccc(-c6ccc7ccccc7c6-c6ccccc6)cc5)c5ccccc45)cc3)c2)=CCC1. The monoisotopic (exact) mass is 686 g/mol. The maximum absolute atomic E-state index is 2.35. The second-order valence-electron chi connectivity index (χ2n) is 14.3. The molecule has 54 heavy (non-hydrogen) atoms. The van der Waals surface area contributed by atoms with Crippen LogP contribution in [0.4, 0.5) is 0 Å². The Kier molecular flexibility index (Phi) is 8.08. The number of rotatable bonds is 6. The molecule has 1 aliphatic rings. The van der Waals surface area contributed by atoms with Gasteiger partial charge >= 0.3 is 0 Å². The van der Waals surface area contributed by atoms with Crippen molar-refractivity contribution in [3.05, 3.63) is 212 Å². The van der Waals surface area contributed by atoms with Crippen molar-refractivity contribution in [1.82, 2.24) is 0 Å². The number of hydrogen-bond acceptors (Lipinski definition) is 0. The van der Waals surface area contributed by atoms with Gasteiger partial charge in [-0.25, -0.2) is 0 Å². The van der Waals surface area contributed by atoms with Crippen LogP contribution in [0, 0.1) is 0 Å². The van der Waals surface area contributed by atoms with Gasteiger partial charge in [0.2, 0.25) is 0 Å². The molecular formula is C54H38. The predicted octanol–water partition coefficient (Wildman–Crippen LogP) is 15.2. The van der Waals surface area contributed by atoms with Crippen LogP contribution >= 0.6 is 0 Å². The Hall–Kier alpha value is -6.76. The van der Waals surface area contributed by atoms with Gasteiger partial charge in [0.05, 0.1) is 0 Å². The van der Waals surface area contributed by atoms with E-state index < -0.39 is 0 Å². The van der Waals surface area contributed by atoms with Crippen molar-refractivity contribution in [1.29, 1.82) is 0 Å². The summed E-state index contributed by atoms with van der Waals surface area (Å²) in [5.41, 5.74) is 15.0. The molecule has 0 aromatic heterocycles. The van der Waals surface area contributed by atoms with E-state index in [1.54, 1.807) is 0 Å². The summed E-state index contributed by atoms with van der Waals surface area (Å²) in [7, 11) is 0. The highest BCUT2D eigenvalue weighted by Crippen LogP contribution is 2.45. The van der Waals surface area contributed by atoms with Gasteiger partial charge in [0.15, 0.2) is 0 Å². The minimum atomic E-state index is 1.11. The zero-order valence-electron chi connectivity index (χ0n) is 30.0. The third-order valence-corrected chi connectivity index (χ3v) is 11.1. The maximum atomic E-state index is 2.35. The molecule has 0 amide bonds. The van der Waals surface area contributed by atoms with E-state index in [0.717, 1.165) is 12.8 Å². The zero-order chi connectivity index (χ0) is 35.8. The fourth-order valence-corrected chi connectivity index (χ4v) is 8.53. The van der Waals surface area contributed by atoms with Crippen LogP contribution in [0.1, 0.15) is 18.4 Å². The largest absolute Gasteiger partial charge is 0.0836 e. The Morgan fingerprint density at radius 2 is 0.796 bits per heavy atom. The van der Waals surface area contributed by atoms with Crippen LogP contribution < -0.4 is 0 Å². The third kappa shape index (κ3) is 5.65. The van der Waals surface area contributed by atoms with Crippen molar-refractivity contribution < 1.29 is 0 Å². The summed E-state index contributed by atoms with van der Waals surface area (Å²) in [6.07, 6.45) is 9.12. The highest BCUT2D eigenvalue weighted by atomic mass is 14.2. The van der Waals surface area contributed by atoms with Crippen LogP contribution in [0.2, 0.25) is 0 Å². The van der Waals surface area contributed by atoms with Crippen LogP contribution in [0.3, 0.4) is 0 Å². The van der Waals surface area contributed by atoms with Crippen molar-refractivity contribution in [3.8, 4) is 55.6 Å². The van der Waals surface area contributed by atoms with E-state index >= 15 is 0 Å². The molecule has 0 radical (unpaired) electrons. The molecule has 0 saturated carbocycles. The van der Waals surface area contributed by atoms with Crippen molar-refractivity contribution in [2.24, 2.45) is 0 Å². The molecule has 9 aromatic rings. The molecule has 0 nitrogen and oxygen atoms in total. The van der Waals surface area contributed by atoms with E-state index in [-0.39, 0.29) is 0 Å². The molecule has 9 aromatic carbocycles. The fraction of sp³-hybridized carbons (Fsp3) is 0.0370. The average Bonchev–Trinajstić information content (AvgIpc) is 3.26. The van der Waals surface area contributed by atoms with Gasteiger partial charge in [0.1, 0.15) is 0 Å². The predicted molar refractivity (Wildman–Crippen MR) is 232 cm³/mol. The van der Waals surface area contributed by atoms with Crippen molar-refractivity contribution in [2.45, 2.75) is 12.8 Å². The van der Waals surface area contributed by atoms with Gasteiger partial charge in [-0.05, 0) is 118 Å². The van der Waals surface area contributed by atoms with Gasteiger partial charge in [-0.1, -0.05) is 200 Å². The molecule has 0 N–H and O–H groups in total. The van der Waals surface area contributed by atoms with E-state index in [0.29, 0.717) is 0 Å². The summed E-state index contributed by atoms with van der Waals surface area (Å²) in [6, 6.07) is 69.2. The lowest BCUT2D eigenvalue weighted by atomic mass is 9.85. The molecule has 0 saturated heterocycles. The molecule has 254 valence electrons. The zero-order valence-corrected chi connectivity index (χ0v) is 30.0. The van der Waals surface area contributed by atoms with Crippen LogP contribution in [-0.2, 0) is 0 Å². The molecule has 0 unspecified atom stereocenters. The van der Waals surface area contributed by atoms with Gasteiger partial charge in [0.25, 0.3) is 0 Å². The molecule has 0 aliphatic heterocycles. The Morgan fingerprint density at radius 1 is 0.296 bits per heavy atom. The van der Waals surface area contributed by atoms with Crippen LogP contribution in [0.5, 0.6) is 0 Å². The highest BCUT2D eigenvalue weighted by molar-refractivity contribution is 6.21. The number of fused-ring (bicyclic) bond motifs is 3. The third-order valence-electron chi connectivity index (χ3n) is 11.1. The molecular weight excluding hydrogens is 649 g/mol. The Labute approximate surface area is 317 Å². The van der Waals surface area contributed by atoms with Crippen LogP contribution in [0.25, 0.3) is 93.5 Å². The lowest BCUT2D eigenvalue weighted by Gasteiger charge is -2.18. The first-order valence-corrected chi connectivity index (χ1v) is 19.0. The summed E-state index contributed by atoms with van der Waals surface area (Å²) >= 11 is 0. The second kappa shape index (κ2) is 13.7. The first-order valence-electron chi connectivity index (χ1n) is 19.0. The molecule has 1 aliphatic carbocycles. The van der Waals surface area contributed by atoms with Crippen LogP contribution in [-0.4, -0.2) is 0 Å². The Balaban J connectivity index is 1.08. The normalized spacial score (nSPS) is 12.7. The highest BCUT2D eigenvalue weighted by Gasteiger charge is 2.18. The van der Waals surface area contributed by atoms with Gasteiger partial charge in [0, 0.05) is 0 Å². The van der Waals surface area contributed by atoms with Gasteiger partial charge < -0.3 is 0 Å². The first kappa shape index (κ1) is 31.9. The van der Waals surface area contributed by atoms with Crippen LogP contribution in [0.15, 0.2) is 206 Å². The number of allylic oxidation sites excluding steroid dienone is 4. The Bertz CT molecular complexity index is 2830. The van der Waals surface area contributed by atoms with Crippen molar-refractivity contribution in [2.75, 3.05) is 0 Å². The Morgan fingerprint density at radius 3 is 1.41 bits per heavy atom. The topological polar surface area (TPSA) is 0 Å². The minimum absolute atomic E-state index is 1.11. The fourth-order valence-electron chi connectivity index (χ4n) is 8.53. The molecule has 0 heteroatoms. The molecule has 10 rings (SSSR count). The summed E-state index contributed by atoms with van der Waals surface area (Å²) < 4.78 is 0. The number of hydrogen-bond donors (Lipinski definition) is 0. The standard InChI is InChI=1S/C54H38/c1-3-14-37(15-4-1)44-19-13-20-45(36-44)38-26-30-42(31-27-38)53-48-22-9-11-24-50(48)54(51-25-12-10-23-49(51)53)43-32-28-40(29-33-43)47-35-34-39-16-7-8-21-46(39)52(47)41-17-5-2-6-18-41/h2-3,5-36H,1,4H2. The van der Waals surface area contributed by atoms with Gasteiger partial charge in [-0.15, -0.1) is 0 Å². The lowest BCUT2D eigenvalue weighted by Crippen LogP contribution is -1.92. The van der Waals surface area contributed by atoms with E-state index in [9.17, 15) is 0 Å². The van der Waals surface area contributed by atoms with E-state index in [1.165, 1.54) is 99.1 Å². The summed E-state index contributed by atoms with van der Waals surface area (Å²) in [6.45, 7) is 0. The van der Waals surface area contributed by atoms with Crippen molar-refractivity contribution >= 4 is 37.9 Å². The lowest BCUT2D eigenvalue weighted by molar-refractivity contribution is 1.04. The van der Waals surface area contributed by atoms with Gasteiger partial charge in [-0.3, -0.25) is 0 Å². The molecule has 0 fully saturated rings. The quantitative estimate of drug-likeness (QED) is 0.153. The first-order chi connectivity index (χ1) is 26.8. The summed E-state index contributed by atoms with van der Waals surface area (Å²) in [5.74, 6) is 0. The summed E-state index contributed by atoms with van der Waals surface area (Å²) in [4.78, 5) is 0. The molecule has 0 bridgehead atoms. The maximum Gasteiger partial charge on any atom is -0.00264 e. The summed E-state index contributed by atoms with van der Waals surface area (Å²) in [5, 5.41) is 7.59. The van der Waals surface area contributed by atoms with E-state index in [4.69, 9.17) is 0 Å². The number of benzene rings is 9. The minimum Gasteiger partial charge on any atom is -0.0836 e. The average molecular weight is 687 g/mol. The second-order valence-corrected chi connectivity index (χ2v) is 14.3. The smallest absolute Gasteiger partial charge is 0.00264 e. The van der Waals surface area contributed by atoms with Gasteiger partial charge in [-0.2, -0.15) is 0 Å². The van der Waals surface area contributed by atoms with Crippen molar-refractivity contribution in [3.63, 3.8) is 0 Å². The van der Waals surface area contributed by atoms with E-state index in [2.05, 4.69) is 206 Å². The molecule has 0 heterocycles. The van der Waals surface area contributed by atoms with E-state index in [1.807, 2.05) is 0 Å². The molecule has 0 spiro atoms.